The number of hydrogen-bond acceptors (Lipinski definition) is 3. The van der Waals surface area contributed by atoms with E-state index in [1.54, 1.807) is 21.0 Å². The third-order valence-corrected chi connectivity index (χ3v) is 3.67. The molecule has 1 aliphatic heterocycles. The molecule has 0 unspecified atom stereocenters. The fourth-order valence-electron chi connectivity index (χ4n) is 2.48. The lowest BCUT2D eigenvalue weighted by Crippen LogP contribution is -2.58. The normalized spacial score (nSPS) is 32.8. The number of nitrogens with zero attached hydrogens (tertiary/aromatic N) is 1. The van der Waals surface area contributed by atoms with E-state index in [0.29, 0.717) is 13.0 Å². The van der Waals surface area contributed by atoms with Crippen molar-refractivity contribution in [3.8, 4) is 0 Å². The van der Waals surface area contributed by atoms with Crippen LogP contribution in [0.3, 0.4) is 0 Å². The molecule has 2 aliphatic rings. The van der Waals surface area contributed by atoms with Crippen LogP contribution in [0.25, 0.3) is 0 Å². The molecule has 17 heavy (non-hydrogen) atoms. The summed E-state index contributed by atoms with van der Waals surface area (Å²) in [4.78, 5) is 25.7. The maximum atomic E-state index is 12.3. The van der Waals surface area contributed by atoms with Crippen molar-refractivity contribution in [3.63, 3.8) is 0 Å². The lowest BCUT2D eigenvalue weighted by atomic mass is 9.86. The van der Waals surface area contributed by atoms with Crippen molar-refractivity contribution in [2.24, 2.45) is 0 Å². The second-order valence-electron chi connectivity index (χ2n) is 5.40. The number of ether oxygens (including phenoxy) is 1. The van der Waals surface area contributed by atoms with Crippen LogP contribution in [0.1, 0.15) is 33.1 Å². The topological polar surface area (TPSA) is 58.6 Å². The van der Waals surface area contributed by atoms with Gasteiger partial charge in [-0.15, -0.1) is 0 Å². The van der Waals surface area contributed by atoms with E-state index in [9.17, 15) is 9.59 Å². The summed E-state index contributed by atoms with van der Waals surface area (Å²) in [5, 5.41) is 2.76. The first kappa shape index (κ1) is 12.4. The van der Waals surface area contributed by atoms with E-state index in [0.717, 1.165) is 12.8 Å². The molecule has 2 rings (SSSR count). The molecule has 96 valence electrons. The van der Waals surface area contributed by atoms with Gasteiger partial charge in [-0.05, 0) is 26.7 Å². The van der Waals surface area contributed by atoms with Crippen LogP contribution in [0.15, 0.2) is 0 Å². The number of hydrogen-bond donors (Lipinski definition) is 1. The van der Waals surface area contributed by atoms with E-state index in [4.69, 9.17) is 4.74 Å². The Balaban J connectivity index is 2.07. The Morgan fingerprint density at radius 3 is 2.59 bits per heavy atom. The van der Waals surface area contributed by atoms with Crippen molar-refractivity contribution in [2.45, 2.75) is 50.8 Å². The van der Waals surface area contributed by atoms with Crippen LogP contribution in [0.4, 0.5) is 0 Å². The standard InChI is InChI=1S/C12H20N2O3/c1-12(2)11(16)14(5-4-10(15)13-12)8-6-9(7-8)17-3/h8-9H,4-7H2,1-3H3,(H,13,15). The molecule has 2 amide bonds. The SMILES string of the molecule is COC1CC(N2CCC(=O)NC(C)(C)C2=O)C1. The highest BCUT2D eigenvalue weighted by molar-refractivity contribution is 5.93. The zero-order chi connectivity index (χ0) is 12.6. The van der Waals surface area contributed by atoms with Gasteiger partial charge in [-0.25, -0.2) is 0 Å². The van der Waals surface area contributed by atoms with E-state index in [1.807, 2.05) is 4.90 Å². The summed E-state index contributed by atoms with van der Waals surface area (Å²) in [6.45, 7) is 4.05. The molecule has 0 radical (unpaired) electrons. The molecule has 1 aliphatic carbocycles. The number of methoxy groups -OCH3 is 1. The Morgan fingerprint density at radius 1 is 1.35 bits per heavy atom. The molecule has 0 bridgehead atoms. The molecule has 0 spiro atoms. The van der Waals surface area contributed by atoms with Crippen LogP contribution in [0, 0.1) is 0 Å². The average molecular weight is 240 g/mol. The Labute approximate surface area is 101 Å². The molecular weight excluding hydrogens is 220 g/mol. The molecule has 5 nitrogen and oxygen atoms in total. The number of carbonyl (C=O) groups excluding carboxylic acids is 2. The monoisotopic (exact) mass is 240 g/mol. The first-order valence-corrected chi connectivity index (χ1v) is 6.09. The van der Waals surface area contributed by atoms with E-state index in [2.05, 4.69) is 5.32 Å². The predicted molar refractivity (Wildman–Crippen MR) is 62.4 cm³/mol. The van der Waals surface area contributed by atoms with Gasteiger partial charge in [0.05, 0.1) is 6.10 Å². The van der Waals surface area contributed by atoms with Gasteiger partial charge in [-0.3, -0.25) is 9.59 Å². The zero-order valence-corrected chi connectivity index (χ0v) is 10.7. The van der Waals surface area contributed by atoms with Crippen LogP contribution >= 0.6 is 0 Å². The van der Waals surface area contributed by atoms with E-state index in [-0.39, 0.29) is 24.0 Å². The summed E-state index contributed by atoms with van der Waals surface area (Å²) in [5.74, 6) is -0.0311. The minimum absolute atomic E-state index is 0.0166. The number of rotatable bonds is 2. The van der Waals surface area contributed by atoms with Crippen molar-refractivity contribution < 1.29 is 14.3 Å². The van der Waals surface area contributed by atoms with Crippen molar-refractivity contribution in [2.75, 3.05) is 13.7 Å². The summed E-state index contributed by atoms with van der Waals surface area (Å²) in [6.07, 6.45) is 2.42. The first-order chi connectivity index (χ1) is 7.94. The van der Waals surface area contributed by atoms with Gasteiger partial charge >= 0.3 is 0 Å². The third-order valence-electron chi connectivity index (χ3n) is 3.67. The summed E-state index contributed by atoms with van der Waals surface area (Å²) < 4.78 is 5.23. The van der Waals surface area contributed by atoms with Crippen molar-refractivity contribution in [3.05, 3.63) is 0 Å². The van der Waals surface area contributed by atoms with Crippen LogP contribution < -0.4 is 5.32 Å². The molecule has 0 atom stereocenters. The summed E-state index contributed by atoms with van der Waals surface area (Å²) in [6, 6.07) is 0.236. The smallest absolute Gasteiger partial charge is 0.248 e. The maximum Gasteiger partial charge on any atom is 0.248 e. The quantitative estimate of drug-likeness (QED) is 0.755. The van der Waals surface area contributed by atoms with Crippen molar-refractivity contribution in [1.82, 2.24) is 10.2 Å². The molecule has 0 aromatic rings. The molecule has 5 heteroatoms. The second kappa shape index (κ2) is 4.29. The molecule has 1 saturated heterocycles. The Bertz CT molecular complexity index is 335. The van der Waals surface area contributed by atoms with Gasteiger partial charge in [-0.2, -0.15) is 0 Å². The second-order valence-corrected chi connectivity index (χ2v) is 5.40. The van der Waals surface area contributed by atoms with Crippen LogP contribution in [0.2, 0.25) is 0 Å². The van der Waals surface area contributed by atoms with E-state index < -0.39 is 5.54 Å². The molecule has 0 aromatic heterocycles. The van der Waals surface area contributed by atoms with Crippen molar-refractivity contribution in [1.29, 1.82) is 0 Å². The highest BCUT2D eigenvalue weighted by atomic mass is 16.5. The summed E-state index contributed by atoms with van der Waals surface area (Å²) >= 11 is 0. The van der Waals surface area contributed by atoms with Gasteiger partial charge in [0.25, 0.3) is 0 Å². The van der Waals surface area contributed by atoms with E-state index in [1.165, 1.54) is 0 Å². The molecule has 2 fully saturated rings. The third kappa shape index (κ3) is 2.29. The van der Waals surface area contributed by atoms with Gasteiger partial charge in [0.15, 0.2) is 0 Å². The van der Waals surface area contributed by atoms with Gasteiger partial charge in [0.1, 0.15) is 5.54 Å². The van der Waals surface area contributed by atoms with Crippen LogP contribution in [-0.2, 0) is 14.3 Å². The lowest BCUT2D eigenvalue weighted by molar-refractivity contribution is -0.144. The highest BCUT2D eigenvalue weighted by Gasteiger charge is 2.43. The minimum Gasteiger partial charge on any atom is -0.381 e. The summed E-state index contributed by atoms with van der Waals surface area (Å²) in [5.41, 5.74) is -0.786. The Hall–Kier alpha value is -1.10. The molecule has 1 N–H and O–H groups in total. The minimum atomic E-state index is -0.786. The van der Waals surface area contributed by atoms with Gasteiger partial charge in [-0.1, -0.05) is 0 Å². The fraction of sp³-hybridized carbons (Fsp3) is 0.833. The van der Waals surface area contributed by atoms with E-state index >= 15 is 0 Å². The molecule has 0 aromatic carbocycles. The molecule has 1 heterocycles. The number of carbonyl (C=O) groups is 2. The summed E-state index contributed by atoms with van der Waals surface area (Å²) in [7, 11) is 1.69. The average Bonchev–Trinajstić information content (AvgIpc) is 2.27. The van der Waals surface area contributed by atoms with Crippen LogP contribution in [-0.4, -0.2) is 48.1 Å². The Kier molecular flexibility index (Phi) is 3.12. The largest absolute Gasteiger partial charge is 0.381 e. The molecule has 1 saturated carbocycles. The zero-order valence-electron chi connectivity index (χ0n) is 10.7. The van der Waals surface area contributed by atoms with Gasteiger partial charge in [0, 0.05) is 26.1 Å². The Morgan fingerprint density at radius 2 is 2.00 bits per heavy atom. The predicted octanol–water partition coefficient (Wildman–Crippen LogP) is 0.291. The first-order valence-electron chi connectivity index (χ1n) is 6.09. The molecular formula is C12H20N2O3. The highest BCUT2D eigenvalue weighted by Crippen LogP contribution is 2.30. The number of nitrogens with one attached hydrogen (secondary N) is 1. The van der Waals surface area contributed by atoms with Gasteiger partial charge in [0.2, 0.25) is 11.8 Å². The van der Waals surface area contributed by atoms with Gasteiger partial charge < -0.3 is 15.0 Å². The lowest BCUT2D eigenvalue weighted by Gasteiger charge is -2.43. The number of amides is 2. The maximum absolute atomic E-state index is 12.3. The fourth-order valence-corrected chi connectivity index (χ4v) is 2.48. The van der Waals surface area contributed by atoms with Crippen molar-refractivity contribution >= 4 is 11.8 Å². The van der Waals surface area contributed by atoms with Crippen LogP contribution in [0.5, 0.6) is 0 Å².